The molecule has 0 radical (unpaired) electrons. The Morgan fingerprint density at radius 3 is 2.78 bits per heavy atom. The van der Waals surface area contributed by atoms with E-state index in [-0.39, 0.29) is 18.2 Å². The zero-order valence-corrected chi connectivity index (χ0v) is 11.8. The first-order valence-electron chi connectivity index (χ1n) is 6.53. The van der Waals surface area contributed by atoms with Crippen LogP contribution in [0.25, 0.3) is 0 Å². The summed E-state index contributed by atoms with van der Waals surface area (Å²) in [5, 5.41) is 0. The average Bonchev–Trinajstić information content (AvgIpc) is 2.96. The van der Waals surface area contributed by atoms with Crippen LogP contribution in [0.15, 0.2) is 12.1 Å². The molecule has 0 spiro atoms. The molecule has 98 valence electrons. The van der Waals surface area contributed by atoms with Crippen LogP contribution in [0.4, 0.5) is 0 Å². The van der Waals surface area contributed by atoms with Gasteiger partial charge in [-0.2, -0.15) is 0 Å². The number of amides is 1. The summed E-state index contributed by atoms with van der Waals surface area (Å²) < 4.78 is 0. The van der Waals surface area contributed by atoms with Gasteiger partial charge in [0.2, 0.25) is 5.91 Å². The summed E-state index contributed by atoms with van der Waals surface area (Å²) in [5.41, 5.74) is 0. The lowest BCUT2D eigenvalue weighted by Gasteiger charge is -2.14. The smallest absolute Gasteiger partial charge is 0.223 e. The van der Waals surface area contributed by atoms with Gasteiger partial charge >= 0.3 is 0 Å². The molecule has 18 heavy (non-hydrogen) atoms. The van der Waals surface area contributed by atoms with Crippen molar-refractivity contribution < 1.29 is 9.59 Å². The van der Waals surface area contributed by atoms with E-state index in [1.165, 1.54) is 4.88 Å². The molecule has 1 fully saturated rings. The molecule has 1 aliphatic heterocycles. The number of rotatable bonds is 5. The summed E-state index contributed by atoms with van der Waals surface area (Å²) in [6.45, 7) is 5.16. The third kappa shape index (κ3) is 2.80. The van der Waals surface area contributed by atoms with Crippen molar-refractivity contribution >= 4 is 23.0 Å². The number of hydrogen-bond acceptors (Lipinski definition) is 3. The number of ketones is 1. The van der Waals surface area contributed by atoms with Gasteiger partial charge in [-0.1, -0.05) is 20.3 Å². The number of nitrogens with zero attached hydrogens (tertiary/aromatic N) is 1. The van der Waals surface area contributed by atoms with E-state index < -0.39 is 0 Å². The fourth-order valence-corrected chi connectivity index (χ4v) is 3.13. The Bertz CT molecular complexity index is 452. The molecule has 1 aromatic rings. The summed E-state index contributed by atoms with van der Waals surface area (Å²) in [7, 11) is 0. The lowest BCUT2D eigenvalue weighted by atomic mass is 10.1. The van der Waals surface area contributed by atoms with Gasteiger partial charge in [-0.15, -0.1) is 11.3 Å². The molecule has 2 heterocycles. The molecule has 1 aromatic heterocycles. The van der Waals surface area contributed by atoms with Crippen LogP contribution in [0, 0.1) is 5.92 Å². The number of carbonyl (C=O) groups is 2. The van der Waals surface area contributed by atoms with Crippen molar-refractivity contribution in [2.24, 2.45) is 5.92 Å². The molecular formula is C14H19NO2S. The Kier molecular flexibility index (Phi) is 4.17. The highest BCUT2D eigenvalue weighted by Crippen LogP contribution is 2.22. The summed E-state index contributed by atoms with van der Waals surface area (Å²) in [5.74, 6) is 0.632. The van der Waals surface area contributed by atoms with Crippen LogP contribution in [-0.2, 0) is 11.2 Å². The number of aryl methyl sites for hydroxylation is 1. The third-order valence-corrected chi connectivity index (χ3v) is 4.76. The lowest BCUT2D eigenvalue weighted by molar-refractivity contribution is -0.127. The second kappa shape index (κ2) is 5.65. The van der Waals surface area contributed by atoms with Crippen LogP contribution in [0.5, 0.6) is 0 Å². The molecule has 0 bridgehead atoms. The van der Waals surface area contributed by atoms with Crippen LogP contribution in [0.3, 0.4) is 0 Å². The zero-order chi connectivity index (χ0) is 13.1. The van der Waals surface area contributed by atoms with E-state index >= 15 is 0 Å². The highest BCUT2D eigenvalue weighted by atomic mass is 32.1. The Morgan fingerprint density at radius 1 is 1.44 bits per heavy atom. The number of Topliss-reactive ketones (excluding diaryl/α,β-unsaturated/α-hetero) is 1. The van der Waals surface area contributed by atoms with Gasteiger partial charge in [-0.3, -0.25) is 9.59 Å². The zero-order valence-electron chi connectivity index (χ0n) is 10.9. The topological polar surface area (TPSA) is 37.4 Å². The first-order valence-corrected chi connectivity index (χ1v) is 7.35. The van der Waals surface area contributed by atoms with E-state index in [0.29, 0.717) is 12.3 Å². The maximum Gasteiger partial charge on any atom is 0.223 e. The van der Waals surface area contributed by atoms with E-state index in [4.69, 9.17) is 0 Å². The average molecular weight is 265 g/mol. The molecule has 1 aliphatic rings. The minimum absolute atomic E-state index is 0.0739. The third-order valence-electron chi connectivity index (χ3n) is 3.49. The van der Waals surface area contributed by atoms with E-state index in [1.54, 1.807) is 16.2 Å². The molecular weight excluding hydrogens is 246 g/mol. The quantitative estimate of drug-likeness (QED) is 0.768. The molecule has 4 heteroatoms. The van der Waals surface area contributed by atoms with Gasteiger partial charge in [0.15, 0.2) is 5.78 Å². The van der Waals surface area contributed by atoms with Crippen LogP contribution < -0.4 is 0 Å². The van der Waals surface area contributed by atoms with Gasteiger partial charge in [-0.25, -0.2) is 0 Å². The Labute approximate surface area is 112 Å². The maximum atomic E-state index is 12.1. The lowest BCUT2D eigenvalue weighted by Crippen LogP contribution is -2.31. The monoisotopic (exact) mass is 265 g/mol. The van der Waals surface area contributed by atoms with Crippen LogP contribution in [-0.4, -0.2) is 29.7 Å². The number of likely N-dealkylation sites (tertiary alicyclic amines) is 1. The molecule has 0 aliphatic carbocycles. The van der Waals surface area contributed by atoms with Crippen LogP contribution in [0.1, 0.15) is 41.2 Å². The minimum atomic E-state index is 0.0739. The summed E-state index contributed by atoms with van der Waals surface area (Å²) >= 11 is 1.54. The molecule has 1 atom stereocenters. The molecule has 1 unspecified atom stereocenters. The molecule has 0 saturated carbocycles. The first kappa shape index (κ1) is 13.3. The molecule has 3 nitrogen and oxygen atoms in total. The SMILES string of the molecule is CCc1ccc(C(=O)CN2CC(CC)CC2=O)s1. The predicted molar refractivity (Wildman–Crippen MR) is 73.0 cm³/mol. The fraction of sp³-hybridized carbons (Fsp3) is 0.571. The second-order valence-electron chi connectivity index (χ2n) is 4.80. The van der Waals surface area contributed by atoms with Crippen LogP contribution >= 0.6 is 11.3 Å². The van der Waals surface area contributed by atoms with Crippen molar-refractivity contribution in [3.05, 3.63) is 21.9 Å². The first-order chi connectivity index (χ1) is 8.63. The highest BCUT2D eigenvalue weighted by Gasteiger charge is 2.29. The molecule has 2 rings (SSSR count). The van der Waals surface area contributed by atoms with Crippen molar-refractivity contribution in [1.82, 2.24) is 4.90 Å². The van der Waals surface area contributed by atoms with Crippen molar-refractivity contribution in [3.8, 4) is 0 Å². The molecule has 0 aromatic carbocycles. The van der Waals surface area contributed by atoms with E-state index in [9.17, 15) is 9.59 Å². The standard InChI is InChI=1S/C14H19NO2S/c1-3-10-7-14(17)15(8-10)9-12(16)13-6-5-11(4-2)18-13/h5-6,10H,3-4,7-9H2,1-2H3. The van der Waals surface area contributed by atoms with Crippen molar-refractivity contribution in [2.75, 3.05) is 13.1 Å². The second-order valence-corrected chi connectivity index (χ2v) is 5.96. The molecule has 0 N–H and O–H groups in total. The Hall–Kier alpha value is -1.16. The number of hydrogen-bond donors (Lipinski definition) is 0. The molecule has 1 amide bonds. The summed E-state index contributed by atoms with van der Waals surface area (Å²) in [4.78, 5) is 27.5. The van der Waals surface area contributed by atoms with Gasteiger partial charge in [0.1, 0.15) is 0 Å². The summed E-state index contributed by atoms with van der Waals surface area (Å²) in [6.07, 6.45) is 2.57. The van der Waals surface area contributed by atoms with Crippen LogP contribution in [0.2, 0.25) is 0 Å². The minimum Gasteiger partial charge on any atom is -0.335 e. The van der Waals surface area contributed by atoms with Gasteiger partial charge in [0.05, 0.1) is 11.4 Å². The van der Waals surface area contributed by atoms with E-state index in [0.717, 1.165) is 24.3 Å². The highest BCUT2D eigenvalue weighted by molar-refractivity contribution is 7.14. The van der Waals surface area contributed by atoms with Gasteiger partial charge in [-0.05, 0) is 24.5 Å². The van der Waals surface area contributed by atoms with Crippen molar-refractivity contribution in [3.63, 3.8) is 0 Å². The van der Waals surface area contributed by atoms with Crippen molar-refractivity contribution in [1.29, 1.82) is 0 Å². The van der Waals surface area contributed by atoms with Crippen molar-refractivity contribution in [2.45, 2.75) is 33.1 Å². The van der Waals surface area contributed by atoms with Gasteiger partial charge in [0, 0.05) is 17.8 Å². The molecule has 1 saturated heterocycles. The normalized spacial score (nSPS) is 19.6. The predicted octanol–water partition coefficient (Wildman–Crippen LogP) is 2.75. The number of carbonyl (C=O) groups excluding carboxylic acids is 2. The van der Waals surface area contributed by atoms with Gasteiger partial charge in [0.25, 0.3) is 0 Å². The Balaban J connectivity index is 1.97. The largest absolute Gasteiger partial charge is 0.335 e. The van der Waals surface area contributed by atoms with Gasteiger partial charge < -0.3 is 4.90 Å². The number of thiophene rings is 1. The fourth-order valence-electron chi connectivity index (χ4n) is 2.25. The van der Waals surface area contributed by atoms with E-state index in [2.05, 4.69) is 13.8 Å². The Morgan fingerprint density at radius 2 is 2.22 bits per heavy atom. The maximum absolute atomic E-state index is 12.1. The van der Waals surface area contributed by atoms with E-state index in [1.807, 2.05) is 12.1 Å². The summed E-state index contributed by atoms with van der Waals surface area (Å²) in [6, 6.07) is 3.88.